The fraction of sp³-hybridized carbons (Fsp3) is 0.600. The summed E-state index contributed by atoms with van der Waals surface area (Å²) in [5.41, 5.74) is 5.96. The van der Waals surface area contributed by atoms with Gasteiger partial charge in [0, 0.05) is 18.0 Å². The second-order valence-corrected chi connectivity index (χ2v) is 4.31. The van der Waals surface area contributed by atoms with Gasteiger partial charge in [-0.1, -0.05) is 6.92 Å². The van der Waals surface area contributed by atoms with Crippen molar-refractivity contribution >= 4 is 22.4 Å². The van der Waals surface area contributed by atoms with Crippen molar-refractivity contribution in [3.63, 3.8) is 0 Å². The van der Waals surface area contributed by atoms with Crippen molar-refractivity contribution in [2.24, 2.45) is 0 Å². The van der Waals surface area contributed by atoms with Gasteiger partial charge in [-0.3, -0.25) is 4.79 Å². The highest BCUT2D eigenvalue weighted by atomic mass is 32.1. The molecule has 0 radical (unpaired) electrons. The Labute approximate surface area is 94.1 Å². The van der Waals surface area contributed by atoms with Crippen LogP contribution in [-0.4, -0.2) is 28.4 Å². The van der Waals surface area contributed by atoms with E-state index >= 15 is 0 Å². The predicted molar refractivity (Wildman–Crippen MR) is 63.0 cm³/mol. The van der Waals surface area contributed by atoms with Crippen molar-refractivity contribution in [3.8, 4) is 0 Å². The lowest BCUT2D eigenvalue weighted by molar-refractivity contribution is 0.0695. The van der Waals surface area contributed by atoms with E-state index in [4.69, 9.17) is 5.73 Å². The average molecular weight is 227 g/mol. The summed E-state index contributed by atoms with van der Waals surface area (Å²) in [4.78, 5) is 17.8. The molecule has 1 aromatic heterocycles. The number of amides is 1. The Hall–Kier alpha value is -1.10. The molecule has 0 saturated carbocycles. The number of hydrogen-bond acceptors (Lipinski definition) is 4. The molecule has 4 nitrogen and oxygen atoms in total. The van der Waals surface area contributed by atoms with Gasteiger partial charge in [0.25, 0.3) is 5.91 Å². The van der Waals surface area contributed by atoms with Crippen LogP contribution in [0.25, 0.3) is 0 Å². The van der Waals surface area contributed by atoms with Crippen molar-refractivity contribution in [1.29, 1.82) is 0 Å². The first-order valence-electron chi connectivity index (χ1n) is 5.12. The number of nitrogens with zero attached hydrogens (tertiary/aromatic N) is 2. The minimum atomic E-state index is -0.0280. The lowest BCUT2D eigenvalue weighted by atomic mass is 10.2. The molecule has 2 N–H and O–H groups in total. The Balaban J connectivity index is 2.82. The van der Waals surface area contributed by atoms with Crippen molar-refractivity contribution in [2.45, 2.75) is 33.2 Å². The molecule has 0 aliphatic carbocycles. The monoisotopic (exact) mass is 227 g/mol. The average Bonchev–Trinajstić information content (AvgIpc) is 2.65. The zero-order valence-electron chi connectivity index (χ0n) is 9.36. The highest BCUT2D eigenvalue weighted by molar-refractivity contribution is 7.13. The molecule has 1 rings (SSSR count). The summed E-state index contributed by atoms with van der Waals surface area (Å²) >= 11 is 1.30. The highest BCUT2D eigenvalue weighted by Gasteiger charge is 2.20. The second-order valence-electron chi connectivity index (χ2n) is 3.42. The number of nitrogens with two attached hydrogens (primary N) is 1. The summed E-state index contributed by atoms with van der Waals surface area (Å²) in [6.45, 7) is 6.78. The lowest BCUT2D eigenvalue weighted by Gasteiger charge is -2.26. The van der Waals surface area contributed by atoms with Crippen LogP contribution in [0.4, 0.5) is 5.13 Å². The number of rotatable bonds is 4. The summed E-state index contributed by atoms with van der Waals surface area (Å²) in [5, 5.41) is 2.15. The molecule has 0 fully saturated rings. The zero-order valence-corrected chi connectivity index (χ0v) is 10.2. The van der Waals surface area contributed by atoms with Crippen LogP contribution < -0.4 is 5.73 Å². The van der Waals surface area contributed by atoms with Crippen LogP contribution in [-0.2, 0) is 0 Å². The van der Waals surface area contributed by atoms with E-state index in [1.807, 2.05) is 18.7 Å². The Morgan fingerprint density at radius 3 is 2.73 bits per heavy atom. The molecule has 0 aliphatic heterocycles. The predicted octanol–water partition coefficient (Wildman–Crippen LogP) is 1.99. The standard InChI is InChI=1S/C10H17N3OS/c1-4-7(3)13(5-2)9(14)8-6-15-10(11)12-8/h6-7H,4-5H2,1-3H3,(H2,11,12). The smallest absolute Gasteiger partial charge is 0.273 e. The third kappa shape index (κ3) is 2.68. The fourth-order valence-corrected chi connectivity index (χ4v) is 1.95. The van der Waals surface area contributed by atoms with Crippen LogP contribution in [0, 0.1) is 0 Å². The molecule has 0 bridgehead atoms. The fourth-order valence-electron chi connectivity index (χ4n) is 1.41. The lowest BCUT2D eigenvalue weighted by Crippen LogP contribution is -2.38. The number of nitrogen functional groups attached to an aromatic ring is 1. The van der Waals surface area contributed by atoms with E-state index in [1.54, 1.807) is 5.38 Å². The summed E-state index contributed by atoms with van der Waals surface area (Å²) in [7, 11) is 0. The van der Waals surface area contributed by atoms with E-state index in [0.29, 0.717) is 17.4 Å². The Bertz CT molecular complexity index is 337. The number of thiazole rings is 1. The molecule has 0 aliphatic rings. The summed E-state index contributed by atoms with van der Waals surface area (Å²) < 4.78 is 0. The molecule has 1 heterocycles. The first-order valence-corrected chi connectivity index (χ1v) is 6.00. The maximum atomic E-state index is 12.0. The van der Waals surface area contributed by atoms with Gasteiger partial charge in [0.1, 0.15) is 5.69 Å². The first-order chi connectivity index (χ1) is 7.10. The van der Waals surface area contributed by atoms with Crippen LogP contribution >= 0.6 is 11.3 Å². The van der Waals surface area contributed by atoms with E-state index in [2.05, 4.69) is 11.9 Å². The third-order valence-electron chi connectivity index (χ3n) is 2.47. The van der Waals surface area contributed by atoms with Gasteiger partial charge in [0.2, 0.25) is 0 Å². The summed E-state index contributed by atoms with van der Waals surface area (Å²) in [6, 6.07) is 0.241. The molecule has 15 heavy (non-hydrogen) atoms. The molecule has 0 spiro atoms. The van der Waals surface area contributed by atoms with E-state index < -0.39 is 0 Å². The van der Waals surface area contributed by atoms with Gasteiger partial charge in [-0.25, -0.2) is 4.98 Å². The quantitative estimate of drug-likeness (QED) is 0.855. The van der Waals surface area contributed by atoms with Gasteiger partial charge in [0.05, 0.1) is 0 Å². The number of carbonyl (C=O) groups excluding carboxylic acids is 1. The van der Waals surface area contributed by atoms with Gasteiger partial charge in [-0.15, -0.1) is 11.3 Å². The van der Waals surface area contributed by atoms with E-state index in [1.165, 1.54) is 11.3 Å². The number of hydrogen-bond donors (Lipinski definition) is 1. The molecule has 1 aromatic rings. The molecule has 1 atom stereocenters. The SMILES string of the molecule is CCC(C)N(CC)C(=O)c1csc(N)n1. The maximum absolute atomic E-state index is 12.0. The molecule has 1 unspecified atom stereocenters. The summed E-state index contributed by atoms with van der Waals surface area (Å²) in [6.07, 6.45) is 0.944. The minimum Gasteiger partial charge on any atom is -0.375 e. The molecule has 0 saturated heterocycles. The van der Waals surface area contributed by atoms with Crippen LogP contribution in [0.1, 0.15) is 37.7 Å². The summed E-state index contributed by atoms with van der Waals surface area (Å²) in [5.74, 6) is -0.0280. The molecular weight excluding hydrogens is 210 g/mol. The van der Waals surface area contributed by atoms with Crippen LogP contribution in [0.2, 0.25) is 0 Å². The number of carbonyl (C=O) groups is 1. The van der Waals surface area contributed by atoms with E-state index in [0.717, 1.165) is 6.42 Å². The Morgan fingerprint density at radius 1 is 1.67 bits per heavy atom. The molecule has 5 heteroatoms. The van der Waals surface area contributed by atoms with E-state index in [-0.39, 0.29) is 11.9 Å². The first kappa shape index (κ1) is 12.0. The van der Waals surface area contributed by atoms with Crippen molar-refractivity contribution < 1.29 is 4.79 Å². The topological polar surface area (TPSA) is 59.2 Å². The van der Waals surface area contributed by atoms with Crippen molar-refractivity contribution in [3.05, 3.63) is 11.1 Å². The largest absolute Gasteiger partial charge is 0.375 e. The molecule has 1 amide bonds. The number of anilines is 1. The van der Waals surface area contributed by atoms with Gasteiger partial charge in [-0.05, 0) is 20.3 Å². The van der Waals surface area contributed by atoms with E-state index in [9.17, 15) is 4.79 Å². The minimum absolute atomic E-state index is 0.0280. The maximum Gasteiger partial charge on any atom is 0.273 e. The van der Waals surface area contributed by atoms with Crippen LogP contribution in [0.5, 0.6) is 0 Å². The second kappa shape index (κ2) is 5.11. The van der Waals surface area contributed by atoms with Gasteiger partial charge < -0.3 is 10.6 Å². The van der Waals surface area contributed by atoms with Gasteiger partial charge >= 0.3 is 0 Å². The van der Waals surface area contributed by atoms with Gasteiger partial charge in [-0.2, -0.15) is 0 Å². The molecular formula is C10H17N3OS. The normalized spacial score (nSPS) is 12.5. The molecule has 0 aromatic carbocycles. The Morgan fingerprint density at radius 2 is 2.33 bits per heavy atom. The van der Waals surface area contributed by atoms with Crippen LogP contribution in [0.15, 0.2) is 5.38 Å². The van der Waals surface area contributed by atoms with Crippen LogP contribution in [0.3, 0.4) is 0 Å². The van der Waals surface area contributed by atoms with Gasteiger partial charge in [0.15, 0.2) is 5.13 Å². The molecule has 84 valence electrons. The zero-order chi connectivity index (χ0) is 11.4. The van der Waals surface area contributed by atoms with Crippen molar-refractivity contribution in [2.75, 3.05) is 12.3 Å². The van der Waals surface area contributed by atoms with Crippen molar-refractivity contribution in [1.82, 2.24) is 9.88 Å². The highest BCUT2D eigenvalue weighted by Crippen LogP contribution is 2.15. The number of aromatic nitrogens is 1. The Kier molecular flexibility index (Phi) is 4.08. The third-order valence-corrected chi connectivity index (χ3v) is 3.14.